The quantitative estimate of drug-likeness (QED) is 0.489. The lowest BCUT2D eigenvalue weighted by atomic mass is 9.43. The molecule has 0 amide bonds. The van der Waals surface area contributed by atoms with E-state index in [1.54, 1.807) is 0 Å². The van der Waals surface area contributed by atoms with Crippen molar-refractivity contribution in [2.45, 2.75) is 130 Å². The van der Waals surface area contributed by atoms with Crippen molar-refractivity contribution in [2.75, 3.05) is 0 Å². The maximum absolute atomic E-state index is 11.0. The van der Waals surface area contributed by atoms with Crippen molar-refractivity contribution in [3.05, 3.63) is 0 Å². The van der Waals surface area contributed by atoms with Crippen molar-refractivity contribution in [1.82, 2.24) is 0 Å². The van der Waals surface area contributed by atoms with Gasteiger partial charge in [-0.25, -0.2) is 0 Å². The average Bonchev–Trinajstić information content (AvgIpc) is 3.05. The lowest BCUT2D eigenvalue weighted by Gasteiger charge is -2.62. The van der Waals surface area contributed by atoms with Crippen molar-refractivity contribution >= 4 is 0 Å². The highest BCUT2D eigenvalue weighted by atomic mass is 16.3. The number of hydrogen-bond acceptors (Lipinski definition) is 2. The van der Waals surface area contributed by atoms with Gasteiger partial charge in [0.2, 0.25) is 0 Å². The Bertz CT molecular complexity index is 601. The molecule has 0 saturated heterocycles. The maximum atomic E-state index is 11.0. The summed E-state index contributed by atoms with van der Waals surface area (Å²) < 4.78 is 0. The molecule has 0 radical (unpaired) electrons. The van der Waals surface area contributed by atoms with Gasteiger partial charge in [-0.15, -0.1) is 0 Å². The second-order valence-electron chi connectivity index (χ2n) is 13.0. The summed E-state index contributed by atoms with van der Waals surface area (Å²) in [6, 6.07) is 0. The minimum Gasteiger partial charge on any atom is -0.393 e. The third kappa shape index (κ3) is 3.81. The normalized spacial score (nSPS) is 49.4. The molecule has 4 aliphatic rings. The molecule has 0 aliphatic heterocycles. The smallest absolute Gasteiger partial charge is 0.0648 e. The molecule has 2 heteroatoms. The average molecular weight is 419 g/mol. The lowest BCUT2D eigenvalue weighted by molar-refractivity contribution is -0.151. The lowest BCUT2D eigenvalue weighted by Crippen LogP contribution is -2.55. The van der Waals surface area contributed by atoms with E-state index in [2.05, 4.69) is 34.6 Å². The van der Waals surface area contributed by atoms with Crippen molar-refractivity contribution in [1.29, 1.82) is 0 Å². The maximum Gasteiger partial charge on any atom is 0.0648 e. The number of fused-ring (bicyclic) bond motifs is 5. The predicted octanol–water partition coefficient (Wildman–Crippen LogP) is 6.97. The van der Waals surface area contributed by atoms with E-state index in [1.807, 2.05) is 0 Å². The summed E-state index contributed by atoms with van der Waals surface area (Å²) in [5.41, 5.74) is 0.649. The summed E-state index contributed by atoms with van der Waals surface area (Å²) in [4.78, 5) is 0. The minimum absolute atomic E-state index is 0.117. The van der Waals surface area contributed by atoms with Gasteiger partial charge >= 0.3 is 0 Å². The number of aliphatic hydroxyl groups excluding tert-OH is 1. The number of hydrogen-bond donors (Lipinski definition) is 2. The number of aliphatic hydroxyl groups is 2. The van der Waals surface area contributed by atoms with Gasteiger partial charge in [0, 0.05) is 0 Å². The van der Waals surface area contributed by atoms with Crippen LogP contribution < -0.4 is 0 Å². The Morgan fingerprint density at radius 1 is 0.900 bits per heavy atom. The zero-order valence-electron chi connectivity index (χ0n) is 20.6. The number of rotatable bonds is 6. The van der Waals surface area contributed by atoms with Crippen molar-refractivity contribution in [3.63, 3.8) is 0 Å². The van der Waals surface area contributed by atoms with E-state index in [0.29, 0.717) is 16.7 Å². The summed E-state index contributed by atoms with van der Waals surface area (Å²) in [5.74, 6) is 4.79. The van der Waals surface area contributed by atoms with Crippen LogP contribution in [-0.4, -0.2) is 21.9 Å². The van der Waals surface area contributed by atoms with E-state index >= 15 is 0 Å². The van der Waals surface area contributed by atoms with Crippen LogP contribution in [0.15, 0.2) is 0 Å². The van der Waals surface area contributed by atoms with Gasteiger partial charge in [-0.05, 0) is 123 Å². The molecular weight excluding hydrogens is 368 g/mol. The van der Waals surface area contributed by atoms with E-state index in [4.69, 9.17) is 0 Å². The van der Waals surface area contributed by atoms with Gasteiger partial charge in [-0.3, -0.25) is 0 Å². The monoisotopic (exact) mass is 418 g/mol. The zero-order valence-corrected chi connectivity index (χ0v) is 20.6. The Labute approximate surface area is 186 Å². The van der Waals surface area contributed by atoms with Crippen LogP contribution in [-0.2, 0) is 0 Å². The Morgan fingerprint density at radius 2 is 1.63 bits per heavy atom. The SMILES string of the molecule is CC[C@]1(O)CCC2(C)C3CCC4(C)C(CCCC(O)C(C)C)CCC4C3CC[C@H]2C1. The summed E-state index contributed by atoms with van der Waals surface area (Å²) in [6.07, 6.45) is 16.2. The van der Waals surface area contributed by atoms with Crippen LogP contribution in [0, 0.1) is 46.3 Å². The van der Waals surface area contributed by atoms with Gasteiger partial charge < -0.3 is 10.2 Å². The molecule has 30 heavy (non-hydrogen) atoms. The molecule has 0 aromatic heterocycles. The highest BCUT2D eigenvalue weighted by Gasteiger charge is 2.60. The molecule has 0 aromatic carbocycles. The molecule has 0 heterocycles. The highest BCUT2D eigenvalue weighted by molar-refractivity contribution is 5.10. The van der Waals surface area contributed by atoms with Crippen LogP contribution in [0.4, 0.5) is 0 Å². The Balaban J connectivity index is 1.42. The molecular formula is C28H50O2. The fraction of sp³-hybridized carbons (Fsp3) is 1.00. The fourth-order valence-electron chi connectivity index (χ4n) is 9.13. The van der Waals surface area contributed by atoms with Gasteiger partial charge in [0.1, 0.15) is 0 Å². The summed E-state index contributed by atoms with van der Waals surface area (Å²) in [5, 5.41) is 21.2. The summed E-state index contributed by atoms with van der Waals surface area (Å²) >= 11 is 0. The second kappa shape index (κ2) is 8.36. The molecule has 2 nitrogen and oxygen atoms in total. The van der Waals surface area contributed by atoms with Crippen molar-refractivity contribution < 1.29 is 10.2 Å². The van der Waals surface area contributed by atoms with Gasteiger partial charge in [-0.1, -0.05) is 41.0 Å². The van der Waals surface area contributed by atoms with Gasteiger partial charge in [0.25, 0.3) is 0 Å². The Hall–Kier alpha value is -0.0800. The highest BCUT2D eigenvalue weighted by Crippen LogP contribution is 2.68. The van der Waals surface area contributed by atoms with E-state index < -0.39 is 0 Å². The molecule has 4 rings (SSSR count). The predicted molar refractivity (Wildman–Crippen MR) is 125 cm³/mol. The third-order valence-electron chi connectivity index (χ3n) is 11.5. The minimum atomic E-state index is -0.376. The third-order valence-corrected chi connectivity index (χ3v) is 11.5. The largest absolute Gasteiger partial charge is 0.393 e. The first-order valence-electron chi connectivity index (χ1n) is 13.5. The van der Waals surface area contributed by atoms with Crippen LogP contribution in [0.3, 0.4) is 0 Å². The first-order chi connectivity index (χ1) is 14.1. The summed E-state index contributed by atoms with van der Waals surface area (Å²) in [7, 11) is 0. The molecule has 9 atom stereocenters. The van der Waals surface area contributed by atoms with Crippen LogP contribution >= 0.6 is 0 Å². The molecule has 4 fully saturated rings. The van der Waals surface area contributed by atoms with E-state index in [1.165, 1.54) is 57.8 Å². The van der Waals surface area contributed by atoms with Gasteiger partial charge in [0.05, 0.1) is 11.7 Å². The zero-order chi connectivity index (χ0) is 21.7. The molecule has 4 saturated carbocycles. The van der Waals surface area contributed by atoms with Crippen LogP contribution in [0.2, 0.25) is 0 Å². The topological polar surface area (TPSA) is 40.5 Å². The van der Waals surface area contributed by atoms with E-state index in [0.717, 1.165) is 55.3 Å². The molecule has 2 N–H and O–H groups in total. The molecule has 4 aliphatic carbocycles. The van der Waals surface area contributed by atoms with E-state index in [9.17, 15) is 10.2 Å². The van der Waals surface area contributed by atoms with Crippen molar-refractivity contribution in [2.24, 2.45) is 46.3 Å². The standard InChI is InChI=1S/C28H50O2/c1-6-28(30)17-16-27(5)21(18-28)10-12-22-23-13-11-20(8-7-9-25(29)19(2)3)26(23,4)15-14-24(22)27/h19-25,29-30H,6-18H2,1-5H3/t20?,21-,22?,23?,24?,25?,26?,27?,28-/m0/s1. The molecule has 0 bridgehead atoms. The van der Waals surface area contributed by atoms with Crippen LogP contribution in [0.25, 0.3) is 0 Å². The molecule has 7 unspecified atom stereocenters. The Morgan fingerprint density at radius 3 is 2.33 bits per heavy atom. The van der Waals surface area contributed by atoms with Gasteiger partial charge in [-0.2, -0.15) is 0 Å². The van der Waals surface area contributed by atoms with Crippen LogP contribution in [0.1, 0.15) is 118 Å². The van der Waals surface area contributed by atoms with Crippen molar-refractivity contribution in [3.8, 4) is 0 Å². The van der Waals surface area contributed by atoms with Gasteiger partial charge in [0.15, 0.2) is 0 Å². The molecule has 0 aromatic rings. The van der Waals surface area contributed by atoms with Crippen LogP contribution in [0.5, 0.6) is 0 Å². The fourth-order valence-corrected chi connectivity index (χ4v) is 9.13. The molecule has 174 valence electrons. The van der Waals surface area contributed by atoms with E-state index in [-0.39, 0.29) is 11.7 Å². The first-order valence-corrected chi connectivity index (χ1v) is 13.5. The first kappa shape index (κ1) is 23.1. The Kier molecular flexibility index (Phi) is 6.44. The summed E-state index contributed by atoms with van der Waals surface area (Å²) in [6.45, 7) is 11.7. The second-order valence-corrected chi connectivity index (χ2v) is 13.0. The molecule has 0 spiro atoms.